The van der Waals surface area contributed by atoms with Crippen LogP contribution in [0.3, 0.4) is 0 Å². The van der Waals surface area contributed by atoms with Crippen LogP contribution in [0.2, 0.25) is 0 Å². The summed E-state index contributed by atoms with van der Waals surface area (Å²) in [6.07, 6.45) is 3.15. The SMILES string of the molecule is CCNC(=NCC(O)c1cccc(OC)c1)NCCc1ncc(CC)s1.I. The second-order valence-corrected chi connectivity index (χ2v) is 6.96. The molecule has 0 saturated carbocycles. The molecule has 1 aromatic heterocycles. The Morgan fingerprint density at radius 3 is 2.81 bits per heavy atom. The monoisotopic (exact) mass is 504 g/mol. The minimum atomic E-state index is -0.674. The summed E-state index contributed by atoms with van der Waals surface area (Å²) in [6, 6.07) is 7.42. The van der Waals surface area contributed by atoms with Crippen molar-refractivity contribution in [2.75, 3.05) is 26.7 Å². The highest BCUT2D eigenvalue weighted by Gasteiger charge is 2.09. The fourth-order valence-electron chi connectivity index (χ4n) is 2.39. The number of aliphatic hydroxyl groups is 1. The van der Waals surface area contributed by atoms with Gasteiger partial charge in [-0.25, -0.2) is 4.98 Å². The molecule has 0 aliphatic heterocycles. The van der Waals surface area contributed by atoms with Gasteiger partial charge in [-0.3, -0.25) is 4.99 Å². The maximum Gasteiger partial charge on any atom is 0.191 e. The van der Waals surface area contributed by atoms with E-state index < -0.39 is 6.10 Å². The van der Waals surface area contributed by atoms with Gasteiger partial charge >= 0.3 is 0 Å². The van der Waals surface area contributed by atoms with E-state index in [-0.39, 0.29) is 30.5 Å². The Bertz CT molecular complexity index is 709. The van der Waals surface area contributed by atoms with Gasteiger partial charge in [0.1, 0.15) is 5.75 Å². The quantitative estimate of drug-likeness (QED) is 0.278. The lowest BCUT2D eigenvalue weighted by Crippen LogP contribution is -2.38. The lowest BCUT2D eigenvalue weighted by atomic mass is 10.1. The number of aliphatic hydroxyl groups excluding tert-OH is 1. The van der Waals surface area contributed by atoms with E-state index in [9.17, 15) is 5.11 Å². The Balaban J connectivity index is 0.00000364. The number of nitrogens with one attached hydrogen (secondary N) is 2. The van der Waals surface area contributed by atoms with Gasteiger partial charge < -0.3 is 20.5 Å². The molecule has 3 N–H and O–H groups in total. The van der Waals surface area contributed by atoms with Crippen LogP contribution in [0.15, 0.2) is 35.5 Å². The minimum absolute atomic E-state index is 0. The fourth-order valence-corrected chi connectivity index (χ4v) is 3.25. The van der Waals surface area contributed by atoms with E-state index in [4.69, 9.17) is 4.74 Å². The normalized spacial score (nSPS) is 12.2. The molecular weight excluding hydrogens is 475 g/mol. The zero-order valence-electron chi connectivity index (χ0n) is 16.1. The van der Waals surface area contributed by atoms with Gasteiger partial charge in [0.2, 0.25) is 0 Å². The summed E-state index contributed by atoms with van der Waals surface area (Å²) in [7, 11) is 1.61. The van der Waals surface area contributed by atoms with E-state index in [0.29, 0.717) is 5.96 Å². The van der Waals surface area contributed by atoms with Gasteiger partial charge in [0.15, 0.2) is 5.96 Å². The van der Waals surface area contributed by atoms with E-state index in [1.54, 1.807) is 18.4 Å². The summed E-state index contributed by atoms with van der Waals surface area (Å²) in [5, 5.41) is 18.0. The summed E-state index contributed by atoms with van der Waals surface area (Å²) in [5.41, 5.74) is 0.791. The molecular formula is C19H29IN4O2S. The third kappa shape index (κ3) is 8.02. The highest BCUT2D eigenvalue weighted by Crippen LogP contribution is 2.19. The van der Waals surface area contributed by atoms with Crippen molar-refractivity contribution in [3.63, 3.8) is 0 Å². The molecule has 0 bridgehead atoms. The predicted octanol–water partition coefficient (Wildman–Crippen LogP) is 3.16. The lowest BCUT2D eigenvalue weighted by molar-refractivity contribution is 0.186. The van der Waals surface area contributed by atoms with Crippen LogP contribution in [0.4, 0.5) is 0 Å². The summed E-state index contributed by atoms with van der Waals surface area (Å²) >= 11 is 1.75. The summed E-state index contributed by atoms with van der Waals surface area (Å²) in [5.74, 6) is 1.42. The van der Waals surface area contributed by atoms with Crippen LogP contribution in [0.1, 0.15) is 35.4 Å². The number of halogens is 1. The Morgan fingerprint density at radius 2 is 2.15 bits per heavy atom. The maximum absolute atomic E-state index is 10.4. The van der Waals surface area contributed by atoms with Crippen LogP contribution in [-0.4, -0.2) is 42.8 Å². The van der Waals surface area contributed by atoms with Crippen molar-refractivity contribution in [2.24, 2.45) is 4.99 Å². The first-order valence-electron chi connectivity index (χ1n) is 8.94. The van der Waals surface area contributed by atoms with Crippen molar-refractivity contribution in [1.82, 2.24) is 15.6 Å². The van der Waals surface area contributed by atoms with E-state index in [1.165, 1.54) is 4.88 Å². The lowest BCUT2D eigenvalue weighted by Gasteiger charge is -2.13. The van der Waals surface area contributed by atoms with Crippen molar-refractivity contribution in [3.05, 3.63) is 45.9 Å². The molecule has 6 nitrogen and oxygen atoms in total. The van der Waals surface area contributed by atoms with Gasteiger partial charge in [0.05, 0.1) is 24.8 Å². The van der Waals surface area contributed by atoms with Gasteiger partial charge in [-0.2, -0.15) is 0 Å². The zero-order valence-corrected chi connectivity index (χ0v) is 19.2. The van der Waals surface area contributed by atoms with Crippen LogP contribution >= 0.6 is 35.3 Å². The molecule has 0 fully saturated rings. The number of hydrogen-bond donors (Lipinski definition) is 3. The molecule has 1 heterocycles. The number of aliphatic imine (C=N–C) groups is 1. The Hall–Kier alpha value is -1.39. The van der Waals surface area contributed by atoms with Crippen molar-refractivity contribution in [1.29, 1.82) is 0 Å². The predicted molar refractivity (Wildman–Crippen MR) is 123 cm³/mol. The average Bonchev–Trinajstić information content (AvgIpc) is 3.14. The van der Waals surface area contributed by atoms with Crippen LogP contribution in [0.25, 0.3) is 0 Å². The molecule has 0 saturated heterocycles. The fraction of sp³-hybridized carbons (Fsp3) is 0.474. The molecule has 0 aliphatic rings. The van der Waals surface area contributed by atoms with Crippen LogP contribution < -0.4 is 15.4 Å². The standard InChI is InChI=1S/C19H28N4O2S.HI/c1-4-16-12-22-18(26-16)9-10-21-19(20-5-2)23-13-17(24)14-7-6-8-15(11-14)25-3;/h6-8,11-12,17,24H,4-5,9-10,13H2,1-3H3,(H2,20,21,23);1H. The number of aryl methyl sites for hydroxylation is 1. The number of ether oxygens (including phenoxy) is 1. The smallest absolute Gasteiger partial charge is 0.191 e. The first-order chi connectivity index (χ1) is 12.7. The molecule has 2 aromatic rings. The highest BCUT2D eigenvalue weighted by atomic mass is 127. The number of guanidine groups is 1. The number of methoxy groups -OCH3 is 1. The number of rotatable bonds is 9. The van der Waals surface area contributed by atoms with Crippen LogP contribution in [0.5, 0.6) is 5.75 Å². The maximum atomic E-state index is 10.4. The first-order valence-corrected chi connectivity index (χ1v) is 9.75. The number of aromatic nitrogens is 1. The number of thiazole rings is 1. The molecule has 1 unspecified atom stereocenters. The molecule has 0 amide bonds. The molecule has 2 rings (SSSR count). The van der Waals surface area contributed by atoms with Crippen molar-refractivity contribution >= 4 is 41.3 Å². The molecule has 150 valence electrons. The summed E-state index contributed by atoms with van der Waals surface area (Å²) in [6.45, 7) is 5.94. The van der Waals surface area contributed by atoms with E-state index in [0.717, 1.165) is 42.3 Å². The second-order valence-electron chi connectivity index (χ2n) is 5.76. The van der Waals surface area contributed by atoms with E-state index in [1.807, 2.05) is 37.4 Å². The molecule has 0 radical (unpaired) electrons. The Kier molecular flexibility index (Phi) is 11.3. The third-order valence-electron chi connectivity index (χ3n) is 3.83. The number of benzene rings is 1. The van der Waals surface area contributed by atoms with Gasteiger partial charge in [-0.05, 0) is 31.0 Å². The number of nitrogens with zero attached hydrogens (tertiary/aromatic N) is 2. The highest BCUT2D eigenvalue weighted by molar-refractivity contribution is 14.0. The van der Waals surface area contributed by atoms with Gasteiger partial charge in [-0.15, -0.1) is 35.3 Å². The largest absolute Gasteiger partial charge is 0.497 e. The topological polar surface area (TPSA) is 78.8 Å². The third-order valence-corrected chi connectivity index (χ3v) is 5.03. The average molecular weight is 504 g/mol. The van der Waals surface area contributed by atoms with Gasteiger partial charge in [0.25, 0.3) is 0 Å². The van der Waals surface area contributed by atoms with E-state index in [2.05, 4.69) is 27.5 Å². The van der Waals surface area contributed by atoms with Crippen LogP contribution in [0, 0.1) is 0 Å². The van der Waals surface area contributed by atoms with Gasteiger partial charge in [0, 0.05) is 30.6 Å². The van der Waals surface area contributed by atoms with Crippen molar-refractivity contribution in [2.45, 2.75) is 32.8 Å². The van der Waals surface area contributed by atoms with Crippen molar-refractivity contribution < 1.29 is 9.84 Å². The first kappa shape index (κ1) is 23.6. The Labute approximate surface area is 182 Å². The summed E-state index contributed by atoms with van der Waals surface area (Å²) in [4.78, 5) is 10.2. The summed E-state index contributed by atoms with van der Waals surface area (Å²) < 4.78 is 5.20. The molecule has 1 atom stereocenters. The minimum Gasteiger partial charge on any atom is -0.497 e. The van der Waals surface area contributed by atoms with Crippen molar-refractivity contribution in [3.8, 4) is 5.75 Å². The van der Waals surface area contributed by atoms with E-state index >= 15 is 0 Å². The molecule has 1 aromatic carbocycles. The zero-order chi connectivity index (χ0) is 18.8. The second kappa shape index (κ2) is 12.9. The Morgan fingerprint density at radius 1 is 1.33 bits per heavy atom. The molecule has 0 aliphatic carbocycles. The molecule has 0 spiro atoms. The molecule has 27 heavy (non-hydrogen) atoms. The number of hydrogen-bond acceptors (Lipinski definition) is 5. The van der Waals surface area contributed by atoms with Gasteiger partial charge in [-0.1, -0.05) is 19.1 Å². The van der Waals surface area contributed by atoms with Crippen LogP contribution in [-0.2, 0) is 12.8 Å². The molecule has 8 heteroatoms.